The molecule has 1 fully saturated rings. The van der Waals surface area contributed by atoms with Gasteiger partial charge in [-0.1, -0.05) is 30.3 Å². The summed E-state index contributed by atoms with van der Waals surface area (Å²) < 4.78 is 53.4. The van der Waals surface area contributed by atoms with Gasteiger partial charge in [0.05, 0.1) is 11.2 Å². The molecule has 1 saturated heterocycles. The molecule has 0 aromatic heterocycles. The van der Waals surface area contributed by atoms with Crippen molar-refractivity contribution < 1.29 is 16.8 Å². The Kier molecular flexibility index (Phi) is 5.23. The second-order valence-electron chi connectivity index (χ2n) is 6.19. The molecule has 1 aliphatic rings. The van der Waals surface area contributed by atoms with Gasteiger partial charge in [-0.3, -0.25) is 0 Å². The highest BCUT2D eigenvalue weighted by Gasteiger charge is 2.32. The summed E-state index contributed by atoms with van der Waals surface area (Å²) in [6.45, 7) is 0.512. The Labute approximate surface area is 156 Å². The Morgan fingerprint density at radius 1 is 1.12 bits per heavy atom. The maximum absolute atomic E-state index is 13.1. The number of halogens is 1. The van der Waals surface area contributed by atoms with E-state index in [-0.39, 0.29) is 11.4 Å². The molecule has 0 aliphatic carbocycles. The molecule has 3 rings (SSSR count). The van der Waals surface area contributed by atoms with E-state index in [2.05, 4.69) is 20.7 Å². The zero-order valence-corrected chi connectivity index (χ0v) is 16.9. The van der Waals surface area contributed by atoms with Crippen LogP contribution in [0.5, 0.6) is 0 Å². The third-order valence-corrected chi connectivity index (χ3v) is 8.00. The van der Waals surface area contributed by atoms with Crippen molar-refractivity contribution >= 4 is 46.7 Å². The van der Waals surface area contributed by atoms with Gasteiger partial charge in [0, 0.05) is 23.6 Å². The molecule has 1 atom stereocenters. The summed E-state index contributed by atoms with van der Waals surface area (Å²) in [6.07, 6.45) is 2.32. The van der Waals surface area contributed by atoms with Crippen LogP contribution in [0.15, 0.2) is 45.8 Å². The summed E-state index contributed by atoms with van der Waals surface area (Å²) in [7, 11) is -7.10. The minimum Gasteiger partial charge on any atom is -0.213 e. The lowest BCUT2D eigenvalue weighted by atomic mass is 10.1. The number of sulfonamides is 2. The first-order valence-electron chi connectivity index (χ1n) is 7.83. The number of hydrogen-bond donors (Lipinski definition) is 1. The number of fused-ring (bicyclic) bond motifs is 1. The first-order valence-corrected chi connectivity index (χ1v) is 12.0. The summed E-state index contributed by atoms with van der Waals surface area (Å²) in [5.41, 5.74) is 0. The zero-order valence-electron chi connectivity index (χ0n) is 13.6. The zero-order chi connectivity index (χ0) is 18.2. The number of nitrogens with one attached hydrogen (secondary N) is 1. The molecule has 0 radical (unpaired) electrons. The van der Waals surface area contributed by atoms with Gasteiger partial charge in [0.2, 0.25) is 20.0 Å². The second kappa shape index (κ2) is 6.96. The summed E-state index contributed by atoms with van der Waals surface area (Å²) >= 11 is 3.43. The van der Waals surface area contributed by atoms with Crippen LogP contribution in [0.1, 0.15) is 12.8 Å². The van der Waals surface area contributed by atoms with Gasteiger partial charge in [-0.05, 0) is 45.6 Å². The number of nitrogens with zero attached hydrogens (tertiary/aromatic N) is 1. The highest BCUT2D eigenvalue weighted by atomic mass is 79.9. The van der Waals surface area contributed by atoms with Crippen molar-refractivity contribution in [3.63, 3.8) is 0 Å². The van der Waals surface area contributed by atoms with E-state index in [0.29, 0.717) is 23.9 Å². The molecule has 2 aromatic carbocycles. The smallest absolute Gasteiger partial charge is 0.213 e. The molecule has 1 aliphatic heterocycles. The fourth-order valence-corrected chi connectivity index (χ4v) is 6.62. The Balaban J connectivity index is 1.95. The third kappa shape index (κ3) is 4.06. The summed E-state index contributed by atoms with van der Waals surface area (Å²) in [6, 6.07) is 10.5. The fourth-order valence-electron chi connectivity index (χ4n) is 3.11. The van der Waals surface area contributed by atoms with Gasteiger partial charge in [0.25, 0.3) is 0 Å². The van der Waals surface area contributed by atoms with Gasteiger partial charge < -0.3 is 0 Å². The van der Waals surface area contributed by atoms with E-state index in [4.69, 9.17) is 0 Å². The van der Waals surface area contributed by atoms with Crippen LogP contribution in [-0.4, -0.2) is 46.5 Å². The topological polar surface area (TPSA) is 83.6 Å². The van der Waals surface area contributed by atoms with E-state index >= 15 is 0 Å². The van der Waals surface area contributed by atoms with Gasteiger partial charge in [0.1, 0.15) is 0 Å². The summed E-state index contributed by atoms with van der Waals surface area (Å²) in [4.78, 5) is 0.200. The first kappa shape index (κ1) is 18.8. The van der Waals surface area contributed by atoms with Gasteiger partial charge in [0.15, 0.2) is 0 Å². The van der Waals surface area contributed by atoms with Crippen LogP contribution in [0, 0.1) is 0 Å². The van der Waals surface area contributed by atoms with Crippen LogP contribution in [0.4, 0.5) is 0 Å². The van der Waals surface area contributed by atoms with Crippen molar-refractivity contribution in [2.75, 3.05) is 19.3 Å². The third-order valence-electron chi connectivity index (χ3n) is 4.21. The molecule has 136 valence electrons. The highest BCUT2D eigenvalue weighted by molar-refractivity contribution is 9.10. The van der Waals surface area contributed by atoms with E-state index in [1.165, 1.54) is 4.31 Å². The van der Waals surface area contributed by atoms with Crippen LogP contribution >= 0.6 is 15.9 Å². The summed E-state index contributed by atoms with van der Waals surface area (Å²) in [5, 5.41) is 1.77. The van der Waals surface area contributed by atoms with Crippen LogP contribution in [-0.2, 0) is 20.0 Å². The Morgan fingerprint density at radius 3 is 2.56 bits per heavy atom. The maximum Gasteiger partial charge on any atom is 0.244 e. The largest absolute Gasteiger partial charge is 0.244 e. The average molecular weight is 447 g/mol. The molecule has 0 spiro atoms. The molecule has 1 unspecified atom stereocenters. The van der Waals surface area contributed by atoms with Crippen molar-refractivity contribution in [1.29, 1.82) is 0 Å². The molecular weight excluding hydrogens is 428 g/mol. The predicted octanol–water partition coefficient (Wildman–Crippen LogP) is 2.30. The Morgan fingerprint density at radius 2 is 1.84 bits per heavy atom. The van der Waals surface area contributed by atoms with Crippen molar-refractivity contribution in [3.05, 3.63) is 40.9 Å². The summed E-state index contributed by atoms with van der Waals surface area (Å²) in [5.74, 6) is 0. The lowest BCUT2D eigenvalue weighted by Crippen LogP contribution is -2.49. The highest BCUT2D eigenvalue weighted by Crippen LogP contribution is 2.33. The molecular formula is C16H19BrN2O4S2. The van der Waals surface area contributed by atoms with Crippen LogP contribution in [0.2, 0.25) is 0 Å². The van der Waals surface area contributed by atoms with Crippen LogP contribution in [0.25, 0.3) is 10.8 Å². The Hall–Kier alpha value is -1.00. The molecule has 0 bridgehead atoms. The van der Waals surface area contributed by atoms with E-state index in [1.54, 1.807) is 12.1 Å². The number of hydrogen-bond acceptors (Lipinski definition) is 4. The molecule has 25 heavy (non-hydrogen) atoms. The van der Waals surface area contributed by atoms with Crippen molar-refractivity contribution in [3.8, 4) is 0 Å². The molecule has 2 aromatic rings. The van der Waals surface area contributed by atoms with Gasteiger partial charge >= 0.3 is 0 Å². The average Bonchev–Trinajstić information content (AvgIpc) is 2.54. The quantitative estimate of drug-likeness (QED) is 0.780. The minimum absolute atomic E-state index is 0.134. The number of benzene rings is 2. The normalized spacial score (nSPS) is 20.0. The van der Waals surface area contributed by atoms with E-state index < -0.39 is 26.1 Å². The van der Waals surface area contributed by atoms with Gasteiger partial charge in [-0.2, -0.15) is 4.31 Å². The SMILES string of the molecule is CS(=O)(=O)NC1CCCN(S(=O)(=O)c2ccc3ccccc3c2Br)C1. The fraction of sp³-hybridized carbons (Fsp3) is 0.375. The molecule has 0 saturated carbocycles. The molecule has 1 heterocycles. The standard InChI is InChI=1S/C16H19BrN2O4S2/c1-24(20,21)18-13-6-4-10-19(11-13)25(22,23)15-9-8-12-5-2-3-7-14(12)16(15)17/h2-3,5,7-9,13,18H,4,6,10-11H2,1H3. The minimum atomic E-state index is -3.72. The van der Waals surface area contributed by atoms with Crippen molar-refractivity contribution in [2.24, 2.45) is 0 Å². The second-order valence-corrected chi connectivity index (χ2v) is 10.7. The molecule has 0 amide bonds. The van der Waals surface area contributed by atoms with Crippen LogP contribution in [0.3, 0.4) is 0 Å². The molecule has 9 heteroatoms. The van der Waals surface area contributed by atoms with E-state index in [9.17, 15) is 16.8 Å². The lowest BCUT2D eigenvalue weighted by molar-refractivity contribution is 0.303. The number of piperidine rings is 1. The monoisotopic (exact) mass is 446 g/mol. The van der Waals surface area contributed by atoms with E-state index in [1.807, 2.05) is 24.3 Å². The van der Waals surface area contributed by atoms with Crippen LogP contribution < -0.4 is 4.72 Å². The first-order chi connectivity index (χ1) is 11.7. The van der Waals surface area contributed by atoms with Crippen molar-refractivity contribution in [1.82, 2.24) is 9.03 Å². The number of rotatable bonds is 4. The maximum atomic E-state index is 13.1. The molecule has 1 N–H and O–H groups in total. The predicted molar refractivity (Wildman–Crippen MR) is 101 cm³/mol. The van der Waals surface area contributed by atoms with E-state index in [0.717, 1.165) is 17.0 Å². The van der Waals surface area contributed by atoms with Gasteiger partial charge in [-0.25, -0.2) is 21.6 Å². The van der Waals surface area contributed by atoms with Crippen molar-refractivity contribution in [2.45, 2.75) is 23.8 Å². The lowest BCUT2D eigenvalue weighted by Gasteiger charge is -2.32. The van der Waals surface area contributed by atoms with Gasteiger partial charge in [-0.15, -0.1) is 0 Å². The molecule has 6 nitrogen and oxygen atoms in total. The Bertz CT molecular complexity index is 1010.